The lowest BCUT2D eigenvalue weighted by Crippen LogP contribution is -2.34. The predicted octanol–water partition coefficient (Wildman–Crippen LogP) is 7.02. The van der Waals surface area contributed by atoms with Crippen molar-refractivity contribution in [3.8, 4) is 23.0 Å². The minimum absolute atomic E-state index is 0.0398. The van der Waals surface area contributed by atoms with Gasteiger partial charge in [0.05, 0.1) is 54.4 Å². The summed E-state index contributed by atoms with van der Waals surface area (Å²) in [6, 6.07) is 11.0. The summed E-state index contributed by atoms with van der Waals surface area (Å²) in [4.78, 5) is 34.6. The molecular weight excluding hydrogens is 656 g/mol. The number of hydrogen-bond acceptors (Lipinski definition) is 11. The number of methoxy groups -OCH3 is 4. The average Bonchev–Trinajstić information content (AvgIpc) is 3.15. The molecule has 1 aliphatic carbocycles. The van der Waals surface area contributed by atoms with Gasteiger partial charge in [-0.3, -0.25) is 0 Å². The van der Waals surface area contributed by atoms with Crippen LogP contribution in [-0.2, 0) is 33.3 Å². The van der Waals surface area contributed by atoms with Crippen LogP contribution in [0.3, 0.4) is 0 Å². The zero-order valence-corrected chi connectivity index (χ0v) is 30.5. The molecule has 0 radical (unpaired) electrons. The summed E-state index contributed by atoms with van der Waals surface area (Å²) in [6.45, 7) is 7.22. The Labute approximate surface area is 301 Å². The molecule has 11 heteroatoms. The lowest BCUT2D eigenvalue weighted by molar-refractivity contribution is -0.139. The van der Waals surface area contributed by atoms with E-state index >= 15 is 0 Å². The normalized spacial score (nSPS) is 17.2. The van der Waals surface area contributed by atoms with Gasteiger partial charge in [-0.1, -0.05) is 25.1 Å². The molecule has 11 nitrogen and oxygen atoms in total. The Balaban J connectivity index is 1.62. The Morgan fingerprint density at radius 3 is 1.63 bits per heavy atom. The second kappa shape index (κ2) is 22.1. The van der Waals surface area contributed by atoms with E-state index in [2.05, 4.69) is 16.1 Å². The highest BCUT2D eigenvalue weighted by atomic mass is 16.5. The topological polar surface area (TPSA) is 125 Å². The average molecular weight is 709 g/mol. The number of carbonyl (C=O) groups excluding carboxylic acids is 3. The van der Waals surface area contributed by atoms with E-state index in [9.17, 15) is 14.4 Å². The third-order valence-corrected chi connectivity index (χ3v) is 8.38. The van der Waals surface area contributed by atoms with Gasteiger partial charge in [0.15, 0.2) is 23.0 Å². The first kappa shape index (κ1) is 40.7. The Bertz CT molecular complexity index is 1410. The lowest BCUT2D eigenvalue weighted by Gasteiger charge is -2.35. The highest BCUT2D eigenvalue weighted by molar-refractivity contribution is 5.88. The first-order valence-corrected chi connectivity index (χ1v) is 17.2. The van der Waals surface area contributed by atoms with Crippen LogP contribution >= 0.6 is 0 Å². The Morgan fingerprint density at radius 2 is 1.18 bits per heavy atom. The van der Waals surface area contributed by atoms with Crippen LogP contribution in [0.25, 0.3) is 12.2 Å². The van der Waals surface area contributed by atoms with Crippen molar-refractivity contribution in [2.24, 2.45) is 11.8 Å². The van der Waals surface area contributed by atoms with Crippen molar-refractivity contribution in [2.75, 3.05) is 54.9 Å². The summed E-state index contributed by atoms with van der Waals surface area (Å²) in [5.74, 6) is 1.55. The molecule has 0 amide bonds. The van der Waals surface area contributed by atoms with Crippen molar-refractivity contribution in [1.82, 2.24) is 0 Å². The molecule has 0 spiro atoms. The smallest absolute Gasteiger partial charge is 0.333 e. The number of rotatable bonds is 21. The first-order valence-electron chi connectivity index (χ1n) is 17.2. The standard InChI is InChI=1S/C40H52O11/c1-28(2)40(43)49-20-10-8-7-9-19-48-33-22-31(26-50-34-15-11-29(24-36(34)44-3)13-17-38(41)46-5)21-32(23-33)27-51-35-16-12-30(25-37(35)45-4)14-18-39(42)47-6/h11-18,24-25,31-33H,1,7-10,19-23,26-27H2,2-6H3/b17-13+,18-14+/t31-,32+,33?. The molecule has 1 unspecified atom stereocenters. The van der Waals surface area contributed by atoms with Crippen molar-refractivity contribution < 1.29 is 52.3 Å². The highest BCUT2D eigenvalue weighted by Crippen LogP contribution is 2.36. The zero-order valence-electron chi connectivity index (χ0n) is 30.5. The number of ether oxygens (including phenoxy) is 8. The molecule has 0 N–H and O–H groups in total. The molecule has 278 valence electrons. The van der Waals surface area contributed by atoms with E-state index in [1.807, 2.05) is 36.4 Å². The second-order valence-corrected chi connectivity index (χ2v) is 12.4. The van der Waals surface area contributed by atoms with Crippen LogP contribution in [0.5, 0.6) is 23.0 Å². The van der Waals surface area contributed by atoms with Crippen LogP contribution in [0.15, 0.2) is 60.7 Å². The van der Waals surface area contributed by atoms with Gasteiger partial charge in [0.2, 0.25) is 0 Å². The van der Waals surface area contributed by atoms with Gasteiger partial charge in [-0.05, 0) is 105 Å². The summed E-state index contributed by atoms with van der Waals surface area (Å²) >= 11 is 0. The van der Waals surface area contributed by atoms with Crippen LogP contribution in [0.2, 0.25) is 0 Å². The van der Waals surface area contributed by atoms with E-state index in [1.165, 1.54) is 26.4 Å². The van der Waals surface area contributed by atoms with Crippen molar-refractivity contribution in [1.29, 1.82) is 0 Å². The van der Waals surface area contributed by atoms with Gasteiger partial charge in [-0.2, -0.15) is 0 Å². The van der Waals surface area contributed by atoms with E-state index in [-0.39, 0.29) is 23.9 Å². The van der Waals surface area contributed by atoms with Crippen LogP contribution in [-0.4, -0.2) is 78.9 Å². The number of carbonyl (C=O) groups is 3. The van der Waals surface area contributed by atoms with Crippen molar-refractivity contribution in [2.45, 2.75) is 58.0 Å². The first-order chi connectivity index (χ1) is 24.6. The van der Waals surface area contributed by atoms with Gasteiger partial charge in [0.25, 0.3) is 0 Å². The van der Waals surface area contributed by atoms with E-state index in [4.69, 9.17) is 28.4 Å². The zero-order chi connectivity index (χ0) is 37.0. The van der Waals surface area contributed by atoms with Crippen LogP contribution in [0.1, 0.15) is 63.0 Å². The van der Waals surface area contributed by atoms with Gasteiger partial charge < -0.3 is 37.9 Å². The number of unbranched alkanes of at least 4 members (excludes halogenated alkanes) is 3. The number of hydrogen-bond donors (Lipinski definition) is 0. The third kappa shape index (κ3) is 14.5. The van der Waals surface area contributed by atoms with Crippen molar-refractivity contribution >= 4 is 30.1 Å². The monoisotopic (exact) mass is 708 g/mol. The van der Waals surface area contributed by atoms with Gasteiger partial charge in [0.1, 0.15) is 0 Å². The van der Waals surface area contributed by atoms with Crippen molar-refractivity contribution in [3.05, 3.63) is 71.8 Å². The van der Waals surface area contributed by atoms with E-state index in [0.717, 1.165) is 56.1 Å². The molecule has 0 aromatic heterocycles. The minimum Gasteiger partial charge on any atom is -0.493 e. The van der Waals surface area contributed by atoms with E-state index in [1.54, 1.807) is 33.3 Å². The molecule has 1 fully saturated rings. The fourth-order valence-corrected chi connectivity index (χ4v) is 5.70. The van der Waals surface area contributed by atoms with Gasteiger partial charge in [0, 0.05) is 24.3 Å². The SMILES string of the molecule is C=C(C)C(=O)OCCCCCCOC1C[C@@H](COc2ccc(/C=C/C(=O)OC)cc2OC)C[C@@H](COc2ccc(/C=C/C(=O)OC)cc2OC)C1. The van der Waals surface area contributed by atoms with Gasteiger partial charge >= 0.3 is 17.9 Å². The van der Waals surface area contributed by atoms with Gasteiger partial charge in [-0.15, -0.1) is 0 Å². The van der Waals surface area contributed by atoms with E-state index in [0.29, 0.717) is 55.0 Å². The number of esters is 3. The van der Waals surface area contributed by atoms with Crippen LogP contribution < -0.4 is 18.9 Å². The molecular formula is C40H52O11. The molecule has 1 aliphatic rings. The Hall–Kier alpha value is -4.77. The summed E-state index contributed by atoms with van der Waals surface area (Å²) in [6.07, 6.45) is 12.3. The summed E-state index contributed by atoms with van der Waals surface area (Å²) in [5, 5.41) is 0. The maximum absolute atomic E-state index is 11.6. The molecule has 0 heterocycles. The Morgan fingerprint density at radius 1 is 0.686 bits per heavy atom. The molecule has 1 saturated carbocycles. The fourth-order valence-electron chi connectivity index (χ4n) is 5.70. The molecule has 0 saturated heterocycles. The minimum atomic E-state index is -0.438. The summed E-state index contributed by atoms with van der Waals surface area (Å²) < 4.78 is 44.7. The van der Waals surface area contributed by atoms with E-state index < -0.39 is 11.9 Å². The maximum atomic E-state index is 11.6. The molecule has 3 rings (SSSR count). The molecule has 51 heavy (non-hydrogen) atoms. The summed E-state index contributed by atoms with van der Waals surface area (Å²) in [5.41, 5.74) is 1.97. The highest BCUT2D eigenvalue weighted by Gasteiger charge is 2.31. The predicted molar refractivity (Wildman–Crippen MR) is 194 cm³/mol. The molecule has 3 atom stereocenters. The number of benzene rings is 2. The van der Waals surface area contributed by atoms with Crippen LogP contribution in [0, 0.1) is 11.8 Å². The fraction of sp³-hybridized carbons (Fsp3) is 0.475. The second-order valence-electron chi connectivity index (χ2n) is 12.4. The summed E-state index contributed by atoms with van der Waals surface area (Å²) in [7, 11) is 5.83. The van der Waals surface area contributed by atoms with Crippen LogP contribution in [0.4, 0.5) is 0 Å². The quantitative estimate of drug-likeness (QED) is 0.0575. The molecule has 2 aromatic carbocycles. The molecule has 0 bridgehead atoms. The maximum Gasteiger partial charge on any atom is 0.333 e. The third-order valence-electron chi connectivity index (χ3n) is 8.38. The largest absolute Gasteiger partial charge is 0.493 e. The Kier molecular flexibility index (Phi) is 17.6. The van der Waals surface area contributed by atoms with Gasteiger partial charge in [-0.25, -0.2) is 14.4 Å². The molecule has 0 aliphatic heterocycles. The van der Waals surface area contributed by atoms with Crippen molar-refractivity contribution in [3.63, 3.8) is 0 Å². The molecule has 2 aromatic rings. The lowest BCUT2D eigenvalue weighted by atomic mass is 9.80.